The first kappa shape index (κ1) is 29.3. The lowest BCUT2D eigenvalue weighted by Gasteiger charge is -2.37. The fourth-order valence-electron chi connectivity index (χ4n) is 5.06. The molecule has 1 saturated carbocycles. The van der Waals surface area contributed by atoms with Crippen molar-refractivity contribution in [3.63, 3.8) is 0 Å². The monoisotopic (exact) mass is 481 g/mol. The lowest BCUT2D eigenvalue weighted by atomic mass is 9.81. The summed E-state index contributed by atoms with van der Waals surface area (Å²) in [6.45, 7) is 11.0. The first-order valence-electron chi connectivity index (χ1n) is 14.4. The molecule has 0 radical (unpaired) electrons. The zero-order valence-corrected chi connectivity index (χ0v) is 23.3. The van der Waals surface area contributed by atoms with Gasteiger partial charge in [0.15, 0.2) is 0 Å². The number of hydrogen-bond acceptors (Lipinski definition) is 2. The second-order valence-corrected chi connectivity index (χ2v) is 11.3. The summed E-state index contributed by atoms with van der Waals surface area (Å²) in [6, 6.07) is 9.20. The molecule has 0 unspecified atom stereocenters. The topological polar surface area (TPSA) is 29.5 Å². The highest BCUT2D eigenvalue weighted by Crippen LogP contribution is 2.35. The van der Waals surface area contributed by atoms with E-state index >= 15 is 0 Å². The molecule has 0 bridgehead atoms. The van der Waals surface area contributed by atoms with Gasteiger partial charge in [0, 0.05) is 24.6 Å². The van der Waals surface area contributed by atoms with Crippen LogP contribution in [0.1, 0.15) is 142 Å². The Hall–Kier alpha value is -1.95. The molecule has 0 N–H and O–H groups in total. The minimum atomic E-state index is -0.446. The molecule has 0 aromatic heterocycles. The Morgan fingerprint density at radius 1 is 0.886 bits per heavy atom. The molecule has 1 aromatic carbocycles. The van der Waals surface area contributed by atoms with Gasteiger partial charge in [-0.15, -0.1) is 0 Å². The van der Waals surface area contributed by atoms with Gasteiger partial charge in [-0.25, -0.2) is 4.79 Å². The van der Waals surface area contributed by atoms with Crippen LogP contribution in [0.5, 0.6) is 0 Å². The van der Waals surface area contributed by atoms with Gasteiger partial charge in [-0.2, -0.15) is 0 Å². The van der Waals surface area contributed by atoms with E-state index in [0.717, 1.165) is 50.6 Å². The molecule has 1 aliphatic carbocycles. The molecular weight excluding hydrogens is 430 g/mol. The zero-order valence-electron chi connectivity index (χ0n) is 23.3. The van der Waals surface area contributed by atoms with Crippen molar-refractivity contribution in [3.8, 4) is 11.8 Å². The van der Waals surface area contributed by atoms with E-state index in [0.29, 0.717) is 12.0 Å². The van der Waals surface area contributed by atoms with Crippen LogP contribution in [-0.2, 0) is 4.74 Å². The van der Waals surface area contributed by atoms with Gasteiger partial charge in [0.2, 0.25) is 0 Å². The summed E-state index contributed by atoms with van der Waals surface area (Å²) in [5.41, 5.74) is 2.09. The Kier molecular flexibility index (Phi) is 13.3. The molecule has 1 aromatic rings. The van der Waals surface area contributed by atoms with Gasteiger partial charge in [0.1, 0.15) is 5.60 Å². The molecule has 1 fully saturated rings. The molecule has 0 heterocycles. The molecule has 0 spiro atoms. The predicted octanol–water partition coefficient (Wildman–Crippen LogP) is 9.24. The van der Waals surface area contributed by atoms with E-state index in [9.17, 15) is 4.79 Å². The third kappa shape index (κ3) is 11.6. The third-order valence-electron chi connectivity index (χ3n) is 7.00. The first-order chi connectivity index (χ1) is 16.8. The standard InChI is InChI=1S/C32H51NO2/c1-6-8-9-10-11-12-13-14-15-16-17-27-18-20-28(21-19-27)29-22-24-30(25-23-29)33(26-7-2)31(34)35-32(3,4)5/h18-21,29-30H,6-15,22-26H2,1-5H3. The Labute approximate surface area is 216 Å². The lowest BCUT2D eigenvalue weighted by Crippen LogP contribution is -2.45. The highest BCUT2D eigenvalue weighted by molar-refractivity contribution is 5.68. The molecule has 196 valence electrons. The first-order valence-corrected chi connectivity index (χ1v) is 14.4. The quantitative estimate of drug-likeness (QED) is 0.220. The number of amides is 1. The molecule has 2 rings (SSSR count). The molecule has 0 saturated heterocycles. The Morgan fingerprint density at radius 3 is 2.06 bits per heavy atom. The van der Waals surface area contributed by atoms with E-state index in [1.165, 1.54) is 56.9 Å². The van der Waals surface area contributed by atoms with Crippen molar-refractivity contribution >= 4 is 6.09 Å². The van der Waals surface area contributed by atoms with Crippen LogP contribution < -0.4 is 0 Å². The highest BCUT2D eigenvalue weighted by Gasteiger charge is 2.31. The Morgan fingerprint density at radius 2 is 1.49 bits per heavy atom. The molecule has 1 amide bonds. The second kappa shape index (κ2) is 15.9. The minimum Gasteiger partial charge on any atom is -0.444 e. The average molecular weight is 482 g/mol. The fourth-order valence-corrected chi connectivity index (χ4v) is 5.06. The van der Waals surface area contributed by atoms with E-state index < -0.39 is 5.60 Å². The van der Waals surface area contributed by atoms with Crippen LogP contribution in [0.25, 0.3) is 0 Å². The Balaban J connectivity index is 1.74. The SMILES string of the molecule is CCCCCCCCCCC#Cc1ccc(C2CCC(N(CCC)C(=O)OC(C)(C)C)CC2)cc1. The van der Waals surface area contributed by atoms with Gasteiger partial charge in [-0.1, -0.05) is 82.8 Å². The number of nitrogens with zero attached hydrogens (tertiary/aromatic N) is 1. The van der Waals surface area contributed by atoms with Gasteiger partial charge in [0.25, 0.3) is 0 Å². The van der Waals surface area contributed by atoms with Crippen molar-refractivity contribution in [2.75, 3.05) is 6.54 Å². The summed E-state index contributed by atoms with van der Waals surface area (Å²) in [6.07, 6.45) is 16.9. The maximum absolute atomic E-state index is 12.7. The number of rotatable bonds is 12. The van der Waals surface area contributed by atoms with Crippen LogP contribution in [0.15, 0.2) is 24.3 Å². The van der Waals surface area contributed by atoms with Gasteiger partial charge in [-0.05, 0) is 82.9 Å². The number of unbranched alkanes of at least 4 members (excludes halogenated alkanes) is 8. The third-order valence-corrected chi connectivity index (χ3v) is 7.00. The molecule has 0 aliphatic heterocycles. The summed E-state index contributed by atoms with van der Waals surface area (Å²) >= 11 is 0. The van der Waals surface area contributed by atoms with Crippen LogP contribution in [0.4, 0.5) is 4.79 Å². The molecule has 3 nitrogen and oxygen atoms in total. The summed E-state index contributed by atoms with van der Waals surface area (Å²) in [5, 5.41) is 0. The van der Waals surface area contributed by atoms with Crippen molar-refractivity contribution in [1.29, 1.82) is 0 Å². The number of benzene rings is 1. The van der Waals surface area contributed by atoms with E-state index in [-0.39, 0.29) is 6.09 Å². The average Bonchev–Trinajstić information content (AvgIpc) is 2.83. The van der Waals surface area contributed by atoms with Crippen molar-refractivity contribution < 1.29 is 9.53 Å². The molecule has 0 atom stereocenters. The van der Waals surface area contributed by atoms with Gasteiger partial charge in [-0.3, -0.25) is 0 Å². The zero-order chi connectivity index (χ0) is 25.5. The summed E-state index contributed by atoms with van der Waals surface area (Å²) < 4.78 is 5.68. The van der Waals surface area contributed by atoms with Crippen LogP contribution in [0.2, 0.25) is 0 Å². The van der Waals surface area contributed by atoms with Crippen molar-refractivity contribution in [3.05, 3.63) is 35.4 Å². The van der Waals surface area contributed by atoms with Gasteiger partial charge in [0.05, 0.1) is 0 Å². The molecule has 1 aliphatic rings. The van der Waals surface area contributed by atoms with E-state index in [1.54, 1.807) is 0 Å². The summed E-state index contributed by atoms with van der Waals surface area (Å²) in [4.78, 5) is 14.7. The van der Waals surface area contributed by atoms with E-state index in [2.05, 4.69) is 50.0 Å². The maximum Gasteiger partial charge on any atom is 0.410 e. The van der Waals surface area contributed by atoms with Crippen LogP contribution in [-0.4, -0.2) is 29.2 Å². The van der Waals surface area contributed by atoms with Crippen LogP contribution in [0, 0.1) is 11.8 Å². The molecule has 3 heteroatoms. The summed E-state index contributed by atoms with van der Waals surface area (Å²) in [5.74, 6) is 7.30. The van der Waals surface area contributed by atoms with E-state index in [1.807, 2.05) is 25.7 Å². The second-order valence-electron chi connectivity index (χ2n) is 11.3. The van der Waals surface area contributed by atoms with Crippen LogP contribution in [0.3, 0.4) is 0 Å². The minimum absolute atomic E-state index is 0.155. The van der Waals surface area contributed by atoms with Gasteiger partial charge < -0.3 is 9.64 Å². The van der Waals surface area contributed by atoms with Crippen molar-refractivity contribution in [2.24, 2.45) is 0 Å². The number of ether oxygens (including phenoxy) is 1. The van der Waals surface area contributed by atoms with Gasteiger partial charge >= 0.3 is 6.09 Å². The fraction of sp³-hybridized carbons (Fsp3) is 0.719. The predicted molar refractivity (Wildman–Crippen MR) is 149 cm³/mol. The molecule has 35 heavy (non-hydrogen) atoms. The molecular formula is C32H51NO2. The normalized spacial score (nSPS) is 18.0. The number of carbonyl (C=O) groups is 1. The smallest absolute Gasteiger partial charge is 0.410 e. The largest absolute Gasteiger partial charge is 0.444 e. The number of hydrogen-bond donors (Lipinski definition) is 0. The van der Waals surface area contributed by atoms with Crippen LogP contribution >= 0.6 is 0 Å². The van der Waals surface area contributed by atoms with Crippen molar-refractivity contribution in [1.82, 2.24) is 4.90 Å². The summed E-state index contributed by atoms with van der Waals surface area (Å²) in [7, 11) is 0. The number of carbonyl (C=O) groups excluding carboxylic acids is 1. The van der Waals surface area contributed by atoms with Crippen molar-refractivity contribution in [2.45, 2.75) is 142 Å². The maximum atomic E-state index is 12.7. The lowest BCUT2D eigenvalue weighted by molar-refractivity contribution is 0.0115. The van der Waals surface area contributed by atoms with E-state index in [4.69, 9.17) is 4.74 Å². The Bertz CT molecular complexity index is 773. The highest BCUT2D eigenvalue weighted by atomic mass is 16.6.